The summed E-state index contributed by atoms with van der Waals surface area (Å²) in [7, 11) is 0. The van der Waals surface area contributed by atoms with E-state index in [0.29, 0.717) is 6.54 Å². The molecule has 0 radical (unpaired) electrons. The molecule has 0 bridgehead atoms. The number of nitrogens with zero attached hydrogens (tertiary/aromatic N) is 6. The Labute approximate surface area is 183 Å². The van der Waals surface area contributed by atoms with E-state index in [1.807, 2.05) is 6.33 Å². The molecule has 0 saturated carbocycles. The van der Waals surface area contributed by atoms with Gasteiger partial charge in [-0.2, -0.15) is 0 Å². The van der Waals surface area contributed by atoms with Crippen LogP contribution in [0, 0.1) is 0 Å². The first kappa shape index (κ1) is 19.3. The molecule has 1 aliphatic rings. The highest BCUT2D eigenvalue weighted by Crippen LogP contribution is 2.42. The van der Waals surface area contributed by atoms with E-state index >= 15 is 0 Å². The normalized spacial score (nSPS) is 12.4. The number of benzene rings is 1. The summed E-state index contributed by atoms with van der Waals surface area (Å²) in [6.07, 6.45) is 10.6. The van der Waals surface area contributed by atoms with E-state index in [2.05, 4.69) is 59.9 Å². The van der Waals surface area contributed by atoms with Crippen LogP contribution in [0.15, 0.2) is 58.2 Å². The van der Waals surface area contributed by atoms with Gasteiger partial charge in [-0.1, -0.05) is 37.6 Å². The van der Waals surface area contributed by atoms with Gasteiger partial charge >= 0.3 is 0 Å². The molecule has 0 spiro atoms. The molecule has 30 heavy (non-hydrogen) atoms. The van der Waals surface area contributed by atoms with Gasteiger partial charge in [0.1, 0.15) is 21.9 Å². The Hall–Kier alpha value is -2.65. The van der Waals surface area contributed by atoms with Crippen LogP contribution < -0.4 is 5.32 Å². The van der Waals surface area contributed by atoms with Gasteiger partial charge in [-0.05, 0) is 29.9 Å². The average Bonchev–Trinajstić information content (AvgIpc) is 3.19. The zero-order valence-corrected chi connectivity index (χ0v) is 18.2. The van der Waals surface area contributed by atoms with Gasteiger partial charge < -0.3 is 9.88 Å². The van der Waals surface area contributed by atoms with Crippen molar-refractivity contribution in [2.24, 2.45) is 0 Å². The first-order valence-electron chi connectivity index (χ1n) is 9.99. The topological polar surface area (TPSA) is 81.4 Å². The summed E-state index contributed by atoms with van der Waals surface area (Å²) in [5, 5.41) is 5.31. The van der Waals surface area contributed by atoms with E-state index in [0.717, 1.165) is 43.4 Å². The van der Waals surface area contributed by atoms with E-state index < -0.39 is 0 Å². The van der Waals surface area contributed by atoms with Gasteiger partial charge in [0.05, 0.1) is 12.0 Å². The summed E-state index contributed by atoms with van der Waals surface area (Å²) in [6, 6.07) is 6.46. The molecule has 0 aliphatic carbocycles. The summed E-state index contributed by atoms with van der Waals surface area (Å²) in [6.45, 7) is 2.93. The van der Waals surface area contributed by atoms with Gasteiger partial charge in [-0.25, -0.2) is 24.9 Å². The van der Waals surface area contributed by atoms with Crippen LogP contribution in [0.5, 0.6) is 0 Å². The maximum absolute atomic E-state index is 4.53. The largest absolute Gasteiger partial charge is 0.337 e. The summed E-state index contributed by atoms with van der Waals surface area (Å²) in [4.78, 5) is 23.3. The molecule has 0 atom stereocenters. The molecule has 4 heterocycles. The molecule has 1 aromatic carbocycles. The zero-order chi connectivity index (χ0) is 20.3. The number of rotatable bonds is 7. The quantitative estimate of drug-likeness (QED) is 0.213. The summed E-state index contributed by atoms with van der Waals surface area (Å²) in [5.41, 5.74) is 3.99. The van der Waals surface area contributed by atoms with Crippen molar-refractivity contribution >= 4 is 46.2 Å². The first-order chi connectivity index (χ1) is 14.8. The summed E-state index contributed by atoms with van der Waals surface area (Å²) < 4.78 is 2.14. The first-order valence-corrected chi connectivity index (χ1v) is 11.8. The van der Waals surface area contributed by atoms with Crippen LogP contribution in [0.4, 0.5) is 11.5 Å². The molecule has 9 heteroatoms. The van der Waals surface area contributed by atoms with Crippen LogP contribution in [0.3, 0.4) is 0 Å². The smallest absolute Gasteiger partial charge is 0.181 e. The molecule has 0 saturated heterocycles. The Morgan fingerprint density at radius 1 is 1.07 bits per heavy atom. The van der Waals surface area contributed by atoms with Crippen molar-refractivity contribution in [2.75, 3.05) is 11.1 Å². The SMILES string of the molecule is CCCCCSc1ncnc2ncn(Cc3ccc4c(c3)Nc3nccnc3S4)c12. The molecule has 3 aromatic heterocycles. The fourth-order valence-corrected chi connectivity index (χ4v) is 5.29. The number of hydrogen-bond donors (Lipinski definition) is 1. The second-order valence-electron chi connectivity index (χ2n) is 7.05. The number of anilines is 2. The number of thioether (sulfide) groups is 1. The van der Waals surface area contributed by atoms with E-state index in [-0.39, 0.29) is 0 Å². The Balaban J connectivity index is 1.40. The van der Waals surface area contributed by atoms with Crippen molar-refractivity contribution < 1.29 is 0 Å². The van der Waals surface area contributed by atoms with Gasteiger partial charge in [-0.15, -0.1) is 11.8 Å². The predicted octanol–water partition coefficient (Wildman–Crippen LogP) is 5.16. The molecular formula is C21H21N7S2. The number of unbranched alkanes of at least 4 members (excludes halogenated alkanes) is 2. The molecule has 4 aromatic rings. The predicted molar refractivity (Wildman–Crippen MR) is 121 cm³/mol. The molecule has 0 amide bonds. The highest BCUT2D eigenvalue weighted by atomic mass is 32.2. The Morgan fingerprint density at radius 3 is 2.93 bits per heavy atom. The maximum Gasteiger partial charge on any atom is 0.181 e. The van der Waals surface area contributed by atoms with Crippen LogP contribution in [0.2, 0.25) is 0 Å². The number of aromatic nitrogens is 6. The van der Waals surface area contributed by atoms with Crippen LogP contribution in [0.1, 0.15) is 31.7 Å². The van der Waals surface area contributed by atoms with Crippen molar-refractivity contribution in [1.82, 2.24) is 29.5 Å². The highest BCUT2D eigenvalue weighted by molar-refractivity contribution is 7.99. The van der Waals surface area contributed by atoms with Gasteiger partial charge in [-0.3, -0.25) is 0 Å². The van der Waals surface area contributed by atoms with Crippen molar-refractivity contribution in [3.05, 3.63) is 48.8 Å². The molecule has 5 rings (SSSR count). The van der Waals surface area contributed by atoms with E-state index in [4.69, 9.17) is 0 Å². The zero-order valence-electron chi connectivity index (χ0n) is 16.6. The molecule has 1 N–H and O–H groups in total. The lowest BCUT2D eigenvalue weighted by Gasteiger charge is -2.19. The van der Waals surface area contributed by atoms with Gasteiger partial charge in [0, 0.05) is 23.8 Å². The maximum atomic E-state index is 4.53. The van der Waals surface area contributed by atoms with Crippen molar-refractivity contribution in [3.63, 3.8) is 0 Å². The molecule has 7 nitrogen and oxygen atoms in total. The highest BCUT2D eigenvalue weighted by Gasteiger charge is 2.18. The van der Waals surface area contributed by atoms with Gasteiger partial charge in [0.15, 0.2) is 11.5 Å². The fourth-order valence-electron chi connectivity index (χ4n) is 3.40. The monoisotopic (exact) mass is 435 g/mol. The second-order valence-corrected chi connectivity index (χ2v) is 9.16. The van der Waals surface area contributed by atoms with Crippen molar-refractivity contribution in [3.8, 4) is 0 Å². The van der Waals surface area contributed by atoms with E-state index in [9.17, 15) is 0 Å². The lowest BCUT2D eigenvalue weighted by atomic mass is 10.2. The lowest BCUT2D eigenvalue weighted by Crippen LogP contribution is -2.05. The molecule has 152 valence electrons. The number of imidazole rings is 1. The minimum absolute atomic E-state index is 0.708. The Bertz CT molecular complexity index is 1190. The van der Waals surface area contributed by atoms with E-state index in [1.165, 1.54) is 24.8 Å². The third-order valence-corrected chi connectivity index (χ3v) is 7.02. The fraction of sp³-hybridized carbons (Fsp3) is 0.286. The molecule has 1 aliphatic heterocycles. The molecular weight excluding hydrogens is 414 g/mol. The standard InChI is InChI=1S/C21H21N7S2/c1-2-3-4-9-29-20-17-18(24-12-25-20)26-13-28(17)11-14-5-6-16-15(10-14)27-19-21(30-16)23-8-7-22-19/h5-8,10,12-13H,2-4,9,11H2,1H3,(H,22,27). The number of hydrogen-bond acceptors (Lipinski definition) is 8. The Kier molecular flexibility index (Phi) is 5.54. The van der Waals surface area contributed by atoms with Gasteiger partial charge in [0.25, 0.3) is 0 Å². The molecule has 0 fully saturated rings. The lowest BCUT2D eigenvalue weighted by molar-refractivity contribution is 0.777. The summed E-state index contributed by atoms with van der Waals surface area (Å²) in [5.74, 6) is 1.87. The van der Waals surface area contributed by atoms with Crippen molar-refractivity contribution in [1.29, 1.82) is 0 Å². The minimum Gasteiger partial charge on any atom is -0.337 e. The second kappa shape index (κ2) is 8.61. The number of fused-ring (bicyclic) bond motifs is 3. The molecule has 0 unspecified atom stereocenters. The number of nitrogens with one attached hydrogen (secondary N) is 1. The Morgan fingerprint density at radius 2 is 2.00 bits per heavy atom. The van der Waals surface area contributed by atoms with E-state index in [1.54, 1.807) is 42.2 Å². The van der Waals surface area contributed by atoms with Crippen LogP contribution >= 0.6 is 23.5 Å². The van der Waals surface area contributed by atoms with Gasteiger partial charge in [0.2, 0.25) is 0 Å². The average molecular weight is 436 g/mol. The third kappa shape index (κ3) is 3.87. The minimum atomic E-state index is 0.708. The van der Waals surface area contributed by atoms with Crippen LogP contribution in [-0.4, -0.2) is 35.2 Å². The summed E-state index contributed by atoms with van der Waals surface area (Å²) >= 11 is 3.43. The third-order valence-electron chi connectivity index (χ3n) is 4.88. The van der Waals surface area contributed by atoms with Crippen LogP contribution in [0.25, 0.3) is 11.2 Å². The van der Waals surface area contributed by atoms with Crippen LogP contribution in [-0.2, 0) is 6.54 Å². The van der Waals surface area contributed by atoms with Crippen molar-refractivity contribution in [2.45, 2.75) is 47.7 Å².